The van der Waals surface area contributed by atoms with E-state index in [4.69, 9.17) is 16.1 Å². The molecule has 0 radical (unpaired) electrons. The van der Waals surface area contributed by atoms with Crippen molar-refractivity contribution in [2.24, 2.45) is 10.8 Å². The summed E-state index contributed by atoms with van der Waals surface area (Å²) in [7, 11) is 0. The number of likely N-dealkylation sites (tertiary alicyclic amines) is 1. The average molecular weight is 359 g/mol. The highest BCUT2D eigenvalue weighted by atomic mass is 35.5. The third-order valence-corrected chi connectivity index (χ3v) is 5.79. The predicted molar refractivity (Wildman–Crippen MR) is 97.5 cm³/mol. The topological polar surface area (TPSA) is 46.3 Å². The van der Waals surface area contributed by atoms with E-state index in [0.717, 1.165) is 31.4 Å². The lowest BCUT2D eigenvalue weighted by atomic mass is 9.65. The van der Waals surface area contributed by atoms with Gasteiger partial charge in [-0.1, -0.05) is 37.5 Å². The molecule has 2 fully saturated rings. The molecule has 132 valence electrons. The van der Waals surface area contributed by atoms with Gasteiger partial charge in [0.15, 0.2) is 11.5 Å². The highest BCUT2D eigenvalue weighted by molar-refractivity contribution is 6.30. The van der Waals surface area contributed by atoms with Gasteiger partial charge in [0, 0.05) is 29.2 Å². The summed E-state index contributed by atoms with van der Waals surface area (Å²) in [5, 5.41) is 4.70. The fourth-order valence-corrected chi connectivity index (χ4v) is 5.10. The molecule has 2 heterocycles. The van der Waals surface area contributed by atoms with E-state index >= 15 is 0 Å². The molecule has 1 saturated carbocycles. The number of amides is 1. The number of fused-ring (bicyclic) bond motifs is 2. The Morgan fingerprint density at radius 2 is 1.96 bits per heavy atom. The molecule has 2 aliphatic rings. The molecule has 1 aliphatic carbocycles. The first-order valence-electron chi connectivity index (χ1n) is 8.78. The number of nitrogens with zero attached hydrogens (tertiary/aromatic N) is 2. The van der Waals surface area contributed by atoms with Crippen LogP contribution in [-0.4, -0.2) is 28.6 Å². The fourth-order valence-electron chi connectivity index (χ4n) is 4.97. The van der Waals surface area contributed by atoms with Gasteiger partial charge >= 0.3 is 0 Å². The lowest BCUT2D eigenvalue weighted by molar-refractivity contribution is 0.0698. The highest BCUT2D eigenvalue weighted by Crippen LogP contribution is 2.52. The first-order valence-corrected chi connectivity index (χ1v) is 9.16. The van der Waals surface area contributed by atoms with Crippen molar-refractivity contribution < 1.29 is 9.32 Å². The molecule has 0 unspecified atom stereocenters. The third-order valence-electron chi connectivity index (χ3n) is 5.53. The van der Waals surface area contributed by atoms with Gasteiger partial charge in [0.2, 0.25) is 0 Å². The Labute approximate surface area is 153 Å². The van der Waals surface area contributed by atoms with E-state index in [2.05, 4.69) is 25.9 Å². The lowest BCUT2D eigenvalue weighted by Crippen LogP contribution is -2.37. The van der Waals surface area contributed by atoms with Crippen molar-refractivity contribution in [3.05, 3.63) is 41.0 Å². The predicted octanol–water partition coefficient (Wildman–Crippen LogP) is 5.04. The van der Waals surface area contributed by atoms with Crippen LogP contribution in [0.4, 0.5) is 0 Å². The summed E-state index contributed by atoms with van der Waals surface area (Å²) >= 11 is 5.92. The minimum atomic E-state index is -0.0182. The molecule has 1 aromatic carbocycles. The van der Waals surface area contributed by atoms with Gasteiger partial charge in [0.1, 0.15) is 0 Å². The van der Waals surface area contributed by atoms with Crippen LogP contribution in [0.5, 0.6) is 0 Å². The van der Waals surface area contributed by atoms with Gasteiger partial charge in [-0.15, -0.1) is 0 Å². The van der Waals surface area contributed by atoms with Crippen LogP contribution in [0.1, 0.15) is 50.5 Å². The molecule has 1 aliphatic heterocycles. The molecule has 25 heavy (non-hydrogen) atoms. The molecule has 0 spiro atoms. The number of carbonyl (C=O) groups excluding carboxylic acids is 1. The maximum atomic E-state index is 13.0. The molecule has 2 aromatic rings. The van der Waals surface area contributed by atoms with Crippen LogP contribution in [0, 0.1) is 10.8 Å². The normalized spacial score (nSPS) is 27.5. The summed E-state index contributed by atoms with van der Waals surface area (Å²) in [6, 6.07) is 9.37. The second kappa shape index (κ2) is 5.60. The number of hydrogen-bond donors (Lipinski definition) is 0. The van der Waals surface area contributed by atoms with Crippen LogP contribution < -0.4 is 0 Å². The number of carbonyl (C=O) groups is 1. The molecule has 4 rings (SSSR count). The Hall–Kier alpha value is -1.81. The smallest absolute Gasteiger partial charge is 0.276 e. The SMILES string of the molecule is CC1(C)C[C@H]2C[C@](C)(CN2C(=O)c2cc(-c3ccc(Cl)cc3)on2)C1. The number of aromatic nitrogens is 1. The van der Waals surface area contributed by atoms with Gasteiger partial charge in [-0.05, 0) is 54.4 Å². The monoisotopic (exact) mass is 358 g/mol. The summed E-state index contributed by atoms with van der Waals surface area (Å²) in [5.74, 6) is 0.573. The van der Waals surface area contributed by atoms with E-state index in [1.165, 1.54) is 0 Å². The highest BCUT2D eigenvalue weighted by Gasteiger charge is 2.51. The van der Waals surface area contributed by atoms with Gasteiger partial charge in [-0.25, -0.2) is 0 Å². The Balaban J connectivity index is 1.57. The second-order valence-electron chi connectivity index (χ2n) is 8.73. The Morgan fingerprint density at radius 3 is 2.68 bits per heavy atom. The van der Waals surface area contributed by atoms with Gasteiger partial charge < -0.3 is 9.42 Å². The number of benzene rings is 1. The number of hydrogen-bond acceptors (Lipinski definition) is 3. The Kier molecular flexibility index (Phi) is 3.73. The molecule has 2 atom stereocenters. The standard InChI is InChI=1S/C20H23ClN2O2/c1-19(2)9-15-10-20(3,11-19)12-23(15)18(24)16-8-17(25-22-16)13-4-6-14(21)7-5-13/h4-8,15H,9-12H2,1-3H3/t15-,20-/m0/s1. The first-order chi connectivity index (χ1) is 11.7. The molecule has 0 N–H and O–H groups in total. The van der Waals surface area contributed by atoms with Gasteiger partial charge in [-0.2, -0.15) is 0 Å². The first kappa shape index (κ1) is 16.6. The van der Waals surface area contributed by atoms with E-state index < -0.39 is 0 Å². The van der Waals surface area contributed by atoms with E-state index in [1.54, 1.807) is 18.2 Å². The zero-order chi connectivity index (χ0) is 17.8. The zero-order valence-corrected chi connectivity index (χ0v) is 15.6. The Bertz CT molecular complexity index is 811. The van der Waals surface area contributed by atoms with Crippen LogP contribution in [0.3, 0.4) is 0 Å². The van der Waals surface area contributed by atoms with Crippen LogP contribution in [-0.2, 0) is 0 Å². The van der Waals surface area contributed by atoms with Crippen LogP contribution >= 0.6 is 11.6 Å². The Morgan fingerprint density at radius 1 is 1.24 bits per heavy atom. The maximum Gasteiger partial charge on any atom is 0.276 e. The van der Waals surface area contributed by atoms with E-state index in [1.807, 2.05) is 17.0 Å². The van der Waals surface area contributed by atoms with Gasteiger partial charge in [0.25, 0.3) is 5.91 Å². The van der Waals surface area contributed by atoms with Crippen molar-refractivity contribution >= 4 is 17.5 Å². The molecule has 4 nitrogen and oxygen atoms in total. The van der Waals surface area contributed by atoms with Crippen LogP contribution in [0.15, 0.2) is 34.9 Å². The van der Waals surface area contributed by atoms with E-state index in [9.17, 15) is 4.79 Å². The van der Waals surface area contributed by atoms with E-state index in [0.29, 0.717) is 22.5 Å². The molecule has 1 amide bonds. The van der Waals surface area contributed by atoms with Crippen molar-refractivity contribution in [3.8, 4) is 11.3 Å². The van der Waals surface area contributed by atoms with E-state index in [-0.39, 0.29) is 16.7 Å². The maximum absolute atomic E-state index is 13.0. The summed E-state index contributed by atoms with van der Waals surface area (Å²) in [4.78, 5) is 15.0. The minimum Gasteiger partial charge on any atom is -0.355 e. The average Bonchev–Trinajstić information content (AvgIpc) is 3.09. The van der Waals surface area contributed by atoms with Crippen molar-refractivity contribution in [1.29, 1.82) is 0 Å². The van der Waals surface area contributed by atoms with Crippen LogP contribution in [0.2, 0.25) is 5.02 Å². The van der Waals surface area contributed by atoms with Crippen molar-refractivity contribution in [1.82, 2.24) is 10.1 Å². The largest absolute Gasteiger partial charge is 0.355 e. The van der Waals surface area contributed by atoms with Crippen molar-refractivity contribution in [2.75, 3.05) is 6.54 Å². The van der Waals surface area contributed by atoms with Crippen molar-refractivity contribution in [3.63, 3.8) is 0 Å². The molecule has 5 heteroatoms. The quantitative estimate of drug-likeness (QED) is 0.755. The molecule has 2 bridgehead atoms. The second-order valence-corrected chi connectivity index (χ2v) is 9.17. The summed E-state index contributed by atoms with van der Waals surface area (Å²) < 4.78 is 5.41. The summed E-state index contributed by atoms with van der Waals surface area (Å²) in [6.07, 6.45) is 3.30. The van der Waals surface area contributed by atoms with Gasteiger partial charge in [0.05, 0.1) is 0 Å². The van der Waals surface area contributed by atoms with Crippen molar-refractivity contribution in [2.45, 2.75) is 46.1 Å². The lowest BCUT2D eigenvalue weighted by Gasteiger charge is -2.39. The zero-order valence-electron chi connectivity index (χ0n) is 14.9. The third kappa shape index (κ3) is 3.08. The molecular weight excluding hydrogens is 336 g/mol. The summed E-state index contributed by atoms with van der Waals surface area (Å²) in [6.45, 7) is 7.72. The molecule has 1 aromatic heterocycles. The minimum absolute atomic E-state index is 0.0182. The molecular formula is C20H23ClN2O2. The number of rotatable bonds is 2. The summed E-state index contributed by atoms with van der Waals surface area (Å²) in [5.41, 5.74) is 1.75. The molecule has 1 saturated heterocycles. The van der Waals surface area contributed by atoms with Gasteiger partial charge in [-0.3, -0.25) is 4.79 Å². The van der Waals surface area contributed by atoms with Crippen LogP contribution in [0.25, 0.3) is 11.3 Å². The fraction of sp³-hybridized carbons (Fsp3) is 0.500. The number of halogens is 1.